The average Bonchev–Trinajstić information content (AvgIpc) is 4.00. The first kappa shape index (κ1) is 37.2. The lowest BCUT2D eigenvalue weighted by Crippen LogP contribution is -2.59. The molecule has 1 aromatic heterocycles. The van der Waals surface area contributed by atoms with Crippen molar-refractivity contribution in [3.63, 3.8) is 0 Å². The van der Waals surface area contributed by atoms with Crippen LogP contribution in [-0.4, -0.2) is 96.0 Å². The maximum absolute atomic E-state index is 14.8. The highest BCUT2D eigenvalue weighted by molar-refractivity contribution is 7.91. The van der Waals surface area contributed by atoms with Gasteiger partial charge in [0.05, 0.1) is 13.7 Å². The molecular weight excluding hydrogens is 704 g/mol. The molecule has 0 radical (unpaired) electrons. The fourth-order valence-electron chi connectivity index (χ4n) is 7.44. The van der Waals surface area contributed by atoms with Crippen molar-refractivity contribution in [1.82, 2.24) is 25.2 Å². The van der Waals surface area contributed by atoms with Gasteiger partial charge < -0.3 is 30.1 Å². The molecule has 4 aliphatic rings. The van der Waals surface area contributed by atoms with Crippen LogP contribution in [0.5, 0.6) is 11.6 Å². The van der Waals surface area contributed by atoms with Gasteiger partial charge in [0.1, 0.15) is 35.1 Å². The van der Waals surface area contributed by atoms with Crippen LogP contribution in [0.4, 0.5) is 13.6 Å². The van der Waals surface area contributed by atoms with Gasteiger partial charge in [-0.1, -0.05) is 26.0 Å². The van der Waals surface area contributed by atoms with Gasteiger partial charge in [-0.2, -0.15) is 0 Å². The quantitative estimate of drug-likeness (QED) is 0.292. The molecule has 3 heterocycles. The van der Waals surface area contributed by atoms with E-state index in [9.17, 15) is 41.5 Å². The number of sulfonamides is 1. The number of hydrogen-bond acceptors (Lipinski definition) is 9. The summed E-state index contributed by atoms with van der Waals surface area (Å²) in [4.78, 5) is 59.7. The van der Waals surface area contributed by atoms with E-state index in [0.717, 1.165) is 0 Å². The largest absolute Gasteiger partial charge is 0.494 e. The van der Waals surface area contributed by atoms with Crippen molar-refractivity contribution < 1.29 is 51.0 Å². The van der Waals surface area contributed by atoms with Crippen LogP contribution >= 0.6 is 0 Å². The molecule has 4 N–H and O–H groups in total. The maximum atomic E-state index is 14.8. The third-order valence-corrected chi connectivity index (χ3v) is 12.9. The molecule has 1 saturated heterocycles. The number of halogens is 2. The van der Waals surface area contributed by atoms with E-state index >= 15 is 0 Å². The zero-order valence-electron chi connectivity index (χ0n) is 29.1. The van der Waals surface area contributed by atoms with Crippen molar-refractivity contribution in [2.45, 2.75) is 87.3 Å². The van der Waals surface area contributed by atoms with Crippen molar-refractivity contribution in [3.8, 4) is 11.6 Å². The number of carbonyl (C=O) groups is 4. The minimum Gasteiger partial charge on any atom is -0.494 e. The number of carboxylic acid groups (broad SMARTS) is 1. The Morgan fingerprint density at radius 3 is 2.62 bits per heavy atom. The zero-order valence-corrected chi connectivity index (χ0v) is 29.9. The van der Waals surface area contributed by atoms with Gasteiger partial charge in [0.2, 0.25) is 27.7 Å². The predicted molar refractivity (Wildman–Crippen MR) is 183 cm³/mol. The predicted octanol–water partition coefficient (Wildman–Crippen LogP) is 3.20. The van der Waals surface area contributed by atoms with Crippen LogP contribution in [-0.2, 0) is 24.4 Å². The molecule has 2 aliphatic carbocycles. The lowest BCUT2D eigenvalue weighted by atomic mass is 9.88. The molecule has 4 amide bonds. The van der Waals surface area contributed by atoms with Crippen molar-refractivity contribution >= 4 is 44.6 Å². The number of pyridine rings is 1. The van der Waals surface area contributed by atoms with E-state index in [4.69, 9.17) is 9.47 Å². The van der Waals surface area contributed by atoms with Crippen molar-refractivity contribution in [2.24, 2.45) is 17.8 Å². The molecule has 52 heavy (non-hydrogen) atoms. The molecule has 1 aromatic carbocycles. The Labute approximate surface area is 299 Å². The highest BCUT2D eigenvalue weighted by Gasteiger charge is 2.64. The SMILES string of the molecule is COc1cc2ccnc(O[C@@H]3C[C@H]4C(=O)N[C@]5(C(=O)NS(=O)(=O)C6(CF)CC6)C[C@H]5/C=C\CC[C@@H](C)C[C@@H](C)[C@H](NC(=O)O)C(=O)N4C3)c2cc1F. The van der Waals surface area contributed by atoms with Crippen LogP contribution in [0.3, 0.4) is 0 Å². The Morgan fingerprint density at radius 2 is 1.94 bits per heavy atom. The van der Waals surface area contributed by atoms with Gasteiger partial charge in [-0.3, -0.25) is 19.1 Å². The number of benzene rings is 1. The molecule has 7 atom stereocenters. The van der Waals surface area contributed by atoms with E-state index in [1.165, 1.54) is 30.3 Å². The van der Waals surface area contributed by atoms with E-state index in [1.807, 2.05) is 17.7 Å². The minimum absolute atomic E-state index is 0.00933. The third-order valence-electron chi connectivity index (χ3n) is 10.8. The fraction of sp³-hybridized carbons (Fsp3) is 0.571. The van der Waals surface area contributed by atoms with Gasteiger partial charge in [-0.25, -0.2) is 27.0 Å². The first-order chi connectivity index (χ1) is 24.6. The summed E-state index contributed by atoms with van der Waals surface area (Å²) in [5, 5.41) is 15.6. The summed E-state index contributed by atoms with van der Waals surface area (Å²) in [6.45, 7) is 2.38. The number of rotatable bonds is 8. The summed E-state index contributed by atoms with van der Waals surface area (Å²) in [6, 6.07) is 1.78. The molecule has 3 fully saturated rings. The second kappa shape index (κ2) is 14.1. The first-order valence-electron chi connectivity index (χ1n) is 17.3. The molecule has 282 valence electrons. The summed E-state index contributed by atoms with van der Waals surface area (Å²) in [5.41, 5.74) is -1.70. The standard InChI is InChI=1S/C35H43F2N5O9S/c1-19-6-4-5-7-22-16-35(22,32(45)41-52(48,49)34(18-36)9-10-34)40-29(43)26-14-23(17-42(26)31(44)28(20(2)12-19)39-33(46)47)51-30-24-15-25(37)27(50-3)13-21(24)8-11-38-30/h5,7-8,11,13,15,19-20,22-23,26,28,39H,4,6,9-10,12,14,16-18H2,1-3H3,(H,40,43)(H,41,45)(H,46,47)/b7-5-/t19-,20-,22-,23-,26+,28+,35-/m1/s1. The third kappa shape index (κ3) is 7.11. The van der Waals surface area contributed by atoms with Gasteiger partial charge in [-0.05, 0) is 73.9 Å². The lowest BCUT2D eigenvalue weighted by Gasteiger charge is -2.32. The first-order valence-corrected chi connectivity index (χ1v) is 18.8. The Morgan fingerprint density at radius 1 is 1.19 bits per heavy atom. The Hall–Kier alpha value is -4.54. The van der Waals surface area contributed by atoms with Crippen LogP contribution in [0.1, 0.15) is 58.8 Å². The van der Waals surface area contributed by atoms with Gasteiger partial charge in [0.15, 0.2) is 11.6 Å². The zero-order chi connectivity index (χ0) is 37.6. The summed E-state index contributed by atoms with van der Waals surface area (Å²) in [5.74, 6) is -4.11. The van der Waals surface area contributed by atoms with Crippen LogP contribution in [0, 0.1) is 23.6 Å². The number of methoxy groups -OCH3 is 1. The highest BCUT2D eigenvalue weighted by Crippen LogP contribution is 2.48. The molecule has 2 saturated carbocycles. The van der Waals surface area contributed by atoms with Crippen molar-refractivity contribution in [3.05, 3.63) is 42.4 Å². The molecule has 0 unspecified atom stereocenters. The van der Waals surface area contributed by atoms with E-state index < -0.39 is 86.6 Å². The van der Waals surface area contributed by atoms with Crippen LogP contribution in [0.2, 0.25) is 0 Å². The fourth-order valence-corrected chi connectivity index (χ4v) is 8.86. The van der Waals surface area contributed by atoms with Crippen LogP contribution in [0.15, 0.2) is 36.5 Å². The van der Waals surface area contributed by atoms with Crippen LogP contribution in [0.25, 0.3) is 10.8 Å². The van der Waals surface area contributed by atoms with E-state index in [0.29, 0.717) is 30.0 Å². The van der Waals surface area contributed by atoms with E-state index in [-0.39, 0.29) is 49.8 Å². The summed E-state index contributed by atoms with van der Waals surface area (Å²) < 4.78 is 66.3. The normalized spacial score (nSPS) is 30.8. The minimum atomic E-state index is -4.41. The Kier molecular flexibility index (Phi) is 10.1. The second-order valence-corrected chi connectivity index (χ2v) is 16.7. The molecule has 2 aliphatic heterocycles. The van der Waals surface area contributed by atoms with Crippen molar-refractivity contribution in [1.29, 1.82) is 0 Å². The van der Waals surface area contributed by atoms with E-state index in [2.05, 4.69) is 15.6 Å². The number of carbonyl (C=O) groups excluding carboxylic acids is 3. The molecule has 0 bridgehead atoms. The topological polar surface area (TPSA) is 193 Å². The smallest absolute Gasteiger partial charge is 0.405 e. The van der Waals surface area contributed by atoms with Gasteiger partial charge in [-0.15, -0.1) is 0 Å². The highest BCUT2D eigenvalue weighted by atomic mass is 32.2. The number of alkyl halides is 1. The number of aromatic nitrogens is 1. The van der Waals surface area contributed by atoms with Gasteiger partial charge >= 0.3 is 6.09 Å². The molecule has 2 aromatic rings. The molecular formula is C35H43F2N5O9S. The summed E-state index contributed by atoms with van der Waals surface area (Å²) in [7, 11) is -3.08. The molecule has 0 spiro atoms. The number of allylic oxidation sites excluding steroid dienone is 1. The maximum Gasteiger partial charge on any atom is 0.405 e. The van der Waals surface area contributed by atoms with E-state index in [1.54, 1.807) is 19.1 Å². The number of hydrogen-bond donors (Lipinski definition) is 4. The Bertz CT molecular complexity index is 1910. The van der Waals surface area contributed by atoms with Crippen molar-refractivity contribution in [2.75, 3.05) is 20.3 Å². The monoisotopic (exact) mass is 747 g/mol. The number of nitrogens with one attached hydrogen (secondary N) is 3. The molecule has 6 rings (SSSR count). The average molecular weight is 748 g/mol. The number of nitrogens with zero attached hydrogens (tertiary/aromatic N) is 2. The molecule has 14 nitrogen and oxygen atoms in total. The number of ether oxygens (including phenoxy) is 2. The van der Waals surface area contributed by atoms with Gasteiger partial charge in [0.25, 0.3) is 5.91 Å². The Balaban J connectivity index is 1.34. The lowest BCUT2D eigenvalue weighted by molar-refractivity contribution is -0.142. The van der Waals surface area contributed by atoms with Gasteiger partial charge in [0, 0.05) is 23.9 Å². The number of fused-ring (bicyclic) bond motifs is 3. The van der Waals surface area contributed by atoms with Crippen LogP contribution < -0.4 is 24.8 Å². The molecule has 17 heteroatoms. The second-order valence-electron chi connectivity index (χ2n) is 14.6. The number of amides is 4. The summed E-state index contributed by atoms with van der Waals surface area (Å²) >= 11 is 0. The summed E-state index contributed by atoms with van der Waals surface area (Å²) in [6.07, 6.45) is 4.52.